The molecule has 0 amide bonds. The van der Waals surface area contributed by atoms with Crippen LogP contribution in [0.5, 0.6) is 0 Å². The largest absolute Gasteiger partial charge is 0.312 e. The molecule has 0 bridgehead atoms. The van der Waals surface area contributed by atoms with Gasteiger partial charge in [-0.05, 0) is 30.7 Å². The topological polar surface area (TPSA) is 30.7 Å². The Labute approximate surface area is 122 Å². The molecule has 0 spiro atoms. The average Bonchev–Trinajstić information content (AvgIpc) is 2.79. The first kappa shape index (κ1) is 13.3. The van der Waals surface area contributed by atoms with E-state index >= 15 is 0 Å². The van der Waals surface area contributed by atoms with Crippen molar-refractivity contribution in [2.24, 2.45) is 0 Å². The second kappa shape index (κ2) is 6.14. The Balaban J connectivity index is 1.92. The third kappa shape index (κ3) is 2.90. The molecule has 19 heavy (non-hydrogen) atoms. The zero-order valence-electron chi connectivity index (χ0n) is 10.9. The molecule has 1 unspecified atom stereocenters. The van der Waals surface area contributed by atoms with Crippen molar-refractivity contribution in [3.8, 4) is 0 Å². The minimum Gasteiger partial charge on any atom is -0.312 e. The van der Waals surface area contributed by atoms with Gasteiger partial charge in [0.1, 0.15) is 11.3 Å². The summed E-state index contributed by atoms with van der Waals surface area (Å²) in [6, 6.07) is 3.98. The summed E-state index contributed by atoms with van der Waals surface area (Å²) >= 11 is 7.99. The van der Waals surface area contributed by atoms with Crippen molar-refractivity contribution < 1.29 is 0 Å². The molecule has 0 N–H and O–H groups in total. The van der Waals surface area contributed by atoms with Crippen molar-refractivity contribution in [3.05, 3.63) is 24.2 Å². The van der Waals surface area contributed by atoms with Gasteiger partial charge in [-0.1, -0.05) is 6.42 Å². The Hall–Kier alpha value is -0.740. The molecule has 2 aromatic heterocycles. The van der Waals surface area contributed by atoms with Gasteiger partial charge < -0.3 is 4.57 Å². The van der Waals surface area contributed by atoms with Crippen molar-refractivity contribution >= 4 is 34.5 Å². The molecule has 0 aliphatic carbocycles. The summed E-state index contributed by atoms with van der Waals surface area (Å²) in [6.45, 7) is 1.02. The highest BCUT2D eigenvalue weighted by Gasteiger charge is 2.18. The molecule has 1 aliphatic heterocycles. The molecule has 102 valence electrons. The number of imidazole rings is 1. The van der Waals surface area contributed by atoms with Crippen molar-refractivity contribution in [1.29, 1.82) is 0 Å². The van der Waals surface area contributed by atoms with Crippen LogP contribution in [0.2, 0.25) is 0 Å². The number of rotatable bonds is 4. The first-order valence-electron chi connectivity index (χ1n) is 6.86. The van der Waals surface area contributed by atoms with E-state index in [9.17, 15) is 0 Å². The van der Waals surface area contributed by atoms with E-state index in [4.69, 9.17) is 11.6 Å². The molecular formula is C14H18ClN3S. The van der Waals surface area contributed by atoms with Crippen molar-refractivity contribution in [2.75, 3.05) is 11.6 Å². The van der Waals surface area contributed by atoms with Crippen LogP contribution in [0.4, 0.5) is 0 Å². The van der Waals surface area contributed by atoms with Gasteiger partial charge in [0, 0.05) is 30.3 Å². The van der Waals surface area contributed by atoms with Gasteiger partial charge in [0.2, 0.25) is 0 Å². The molecule has 3 heterocycles. The maximum absolute atomic E-state index is 5.90. The molecule has 1 aliphatic rings. The molecule has 2 aromatic rings. The van der Waals surface area contributed by atoms with Crippen LogP contribution in [0.3, 0.4) is 0 Å². The fraction of sp³-hybridized carbons (Fsp3) is 0.571. The molecule has 0 saturated carbocycles. The maximum Gasteiger partial charge on any atom is 0.160 e. The van der Waals surface area contributed by atoms with Gasteiger partial charge in [-0.3, -0.25) is 0 Å². The van der Waals surface area contributed by atoms with Gasteiger partial charge in [-0.15, -0.1) is 11.6 Å². The van der Waals surface area contributed by atoms with Crippen molar-refractivity contribution in [2.45, 2.75) is 37.5 Å². The highest BCUT2D eigenvalue weighted by Crippen LogP contribution is 2.28. The van der Waals surface area contributed by atoms with E-state index in [0.717, 1.165) is 30.0 Å². The minimum absolute atomic E-state index is 0.612. The summed E-state index contributed by atoms with van der Waals surface area (Å²) in [6.07, 6.45) is 6.67. The Morgan fingerprint density at radius 2 is 2.37 bits per heavy atom. The van der Waals surface area contributed by atoms with E-state index < -0.39 is 0 Å². The van der Waals surface area contributed by atoms with E-state index in [1.54, 1.807) is 0 Å². The predicted octanol–water partition coefficient (Wildman–Crippen LogP) is 3.50. The predicted molar refractivity (Wildman–Crippen MR) is 82.0 cm³/mol. The highest BCUT2D eigenvalue weighted by atomic mass is 35.5. The molecule has 1 saturated heterocycles. The summed E-state index contributed by atoms with van der Waals surface area (Å²) in [5, 5.41) is 0.697. The molecule has 0 radical (unpaired) electrons. The molecular weight excluding hydrogens is 278 g/mol. The number of thioether (sulfide) groups is 1. The fourth-order valence-electron chi connectivity index (χ4n) is 2.63. The maximum atomic E-state index is 5.90. The van der Waals surface area contributed by atoms with Crippen LogP contribution >= 0.6 is 23.4 Å². The standard InChI is InChI=1S/C14H18ClN3S/c15-7-6-13-17-12-5-3-8-16-14(12)18(13)10-11-4-1-2-9-19-11/h3,5,8,11H,1-2,4,6-7,9-10H2. The van der Waals surface area contributed by atoms with E-state index in [1.807, 2.05) is 18.3 Å². The second-order valence-electron chi connectivity index (χ2n) is 4.91. The molecule has 1 fully saturated rings. The van der Waals surface area contributed by atoms with Gasteiger partial charge in [0.15, 0.2) is 5.65 Å². The molecule has 5 heteroatoms. The second-order valence-corrected chi connectivity index (χ2v) is 6.70. The Morgan fingerprint density at radius 1 is 1.42 bits per heavy atom. The van der Waals surface area contributed by atoms with Crippen LogP contribution in [0.1, 0.15) is 25.1 Å². The number of hydrogen-bond donors (Lipinski definition) is 0. The van der Waals surface area contributed by atoms with Gasteiger partial charge in [-0.25, -0.2) is 9.97 Å². The lowest BCUT2D eigenvalue weighted by Crippen LogP contribution is -2.19. The monoisotopic (exact) mass is 295 g/mol. The Bertz CT molecular complexity index is 549. The van der Waals surface area contributed by atoms with E-state index in [-0.39, 0.29) is 0 Å². The third-order valence-corrected chi connectivity index (χ3v) is 5.13. The van der Waals surface area contributed by atoms with Gasteiger partial charge in [0.25, 0.3) is 0 Å². The lowest BCUT2D eigenvalue weighted by molar-refractivity contribution is 0.575. The normalized spacial score (nSPS) is 19.9. The molecule has 0 aromatic carbocycles. The number of aryl methyl sites for hydroxylation is 1. The van der Waals surface area contributed by atoms with E-state index in [2.05, 4.69) is 26.3 Å². The zero-order valence-corrected chi connectivity index (χ0v) is 12.5. The number of hydrogen-bond acceptors (Lipinski definition) is 3. The van der Waals surface area contributed by atoms with Crippen LogP contribution < -0.4 is 0 Å². The van der Waals surface area contributed by atoms with E-state index in [0.29, 0.717) is 11.1 Å². The third-order valence-electron chi connectivity index (χ3n) is 3.56. The fourth-order valence-corrected chi connectivity index (χ4v) is 4.09. The van der Waals surface area contributed by atoms with Crippen molar-refractivity contribution in [3.63, 3.8) is 0 Å². The lowest BCUT2D eigenvalue weighted by atomic mass is 10.2. The van der Waals surface area contributed by atoms with Crippen LogP contribution in [-0.4, -0.2) is 31.4 Å². The average molecular weight is 296 g/mol. The highest BCUT2D eigenvalue weighted by molar-refractivity contribution is 7.99. The Kier molecular flexibility index (Phi) is 4.28. The number of halogens is 1. The number of nitrogens with zero attached hydrogens (tertiary/aromatic N) is 3. The Morgan fingerprint density at radius 3 is 3.16 bits per heavy atom. The first-order chi connectivity index (χ1) is 9.38. The van der Waals surface area contributed by atoms with Crippen LogP contribution in [0, 0.1) is 0 Å². The van der Waals surface area contributed by atoms with E-state index in [1.165, 1.54) is 25.0 Å². The molecule has 1 atom stereocenters. The van der Waals surface area contributed by atoms with Crippen LogP contribution in [0.25, 0.3) is 11.2 Å². The molecule has 3 nitrogen and oxygen atoms in total. The van der Waals surface area contributed by atoms with Crippen LogP contribution in [-0.2, 0) is 13.0 Å². The van der Waals surface area contributed by atoms with Crippen molar-refractivity contribution in [1.82, 2.24) is 14.5 Å². The summed E-state index contributed by atoms with van der Waals surface area (Å²) in [7, 11) is 0. The van der Waals surface area contributed by atoms with Gasteiger partial charge in [-0.2, -0.15) is 11.8 Å². The number of alkyl halides is 1. The quantitative estimate of drug-likeness (QED) is 0.809. The number of fused-ring (bicyclic) bond motifs is 1. The first-order valence-corrected chi connectivity index (χ1v) is 8.44. The van der Waals surface area contributed by atoms with Gasteiger partial charge >= 0.3 is 0 Å². The summed E-state index contributed by atoms with van der Waals surface area (Å²) in [4.78, 5) is 9.17. The van der Waals surface area contributed by atoms with Gasteiger partial charge in [0.05, 0.1) is 0 Å². The smallest absolute Gasteiger partial charge is 0.160 e. The minimum atomic E-state index is 0.612. The number of aromatic nitrogens is 3. The summed E-state index contributed by atoms with van der Waals surface area (Å²) in [5.41, 5.74) is 2.00. The molecule has 3 rings (SSSR count). The number of pyridine rings is 1. The summed E-state index contributed by atoms with van der Waals surface area (Å²) in [5.74, 6) is 2.98. The zero-order chi connectivity index (χ0) is 13.1. The SMILES string of the molecule is ClCCc1nc2cccnc2n1CC1CCCCS1. The summed E-state index contributed by atoms with van der Waals surface area (Å²) < 4.78 is 2.28. The van der Waals surface area contributed by atoms with Crippen LogP contribution in [0.15, 0.2) is 18.3 Å². The lowest BCUT2D eigenvalue weighted by Gasteiger charge is -2.22.